The van der Waals surface area contributed by atoms with Gasteiger partial charge in [-0.3, -0.25) is 9.78 Å². The van der Waals surface area contributed by atoms with Crippen LogP contribution in [-0.2, 0) is 11.2 Å². The van der Waals surface area contributed by atoms with Crippen molar-refractivity contribution in [3.8, 4) is 11.6 Å². The number of nitrogens with zero attached hydrogens (tertiary/aromatic N) is 5. The molecule has 1 saturated heterocycles. The second-order valence-corrected chi connectivity index (χ2v) is 8.78. The van der Waals surface area contributed by atoms with Gasteiger partial charge in [0.25, 0.3) is 5.89 Å². The van der Waals surface area contributed by atoms with Crippen LogP contribution < -0.4 is 0 Å². The van der Waals surface area contributed by atoms with Gasteiger partial charge in [0.1, 0.15) is 11.7 Å². The Morgan fingerprint density at radius 3 is 2.93 bits per heavy atom. The van der Waals surface area contributed by atoms with E-state index in [0.29, 0.717) is 30.4 Å². The number of carbonyl (C=O) groups is 1. The first kappa shape index (κ1) is 18.9. The van der Waals surface area contributed by atoms with E-state index < -0.39 is 0 Å². The Bertz CT molecular complexity index is 1230. The molecule has 1 atom stereocenters. The number of pyridine rings is 1. The molecule has 1 aliphatic rings. The zero-order valence-corrected chi connectivity index (χ0v) is 17.6. The van der Waals surface area contributed by atoms with Crippen LogP contribution in [0.5, 0.6) is 0 Å². The fraction of sp³-hybridized carbons (Fsp3) is 0.318. The van der Waals surface area contributed by atoms with Crippen LogP contribution in [0.4, 0.5) is 0 Å². The molecule has 1 aromatic carbocycles. The SMILES string of the molecule is Cc1nc(C)c(CC(=O)N2CCCC2c2nnc(-c3nccc4ccccc34)o2)s1. The molecule has 4 aromatic rings. The highest BCUT2D eigenvalue weighted by atomic mass is 32.1. The summed E-state index contributed by atoms with van der Waals surface area (Å²) in [6, 6.07) is 9.73. The molecular weight excluding hydrogens is 398 g/mol. The molecule has 8 heteroatoms. The van der Waals surface area contributed by atoms with Crippen LogP contribution in [0.2, 0.25) is 0 Å². The summed E-state index contributed by atoms with van der Waals surface area (Å²) in [4.78, 5) is 24.8. The molecule has 1 amide bonds. The van der Waals surface area contributed by atoms with Crippen molar-refractivity contribution in [1.82, 2.24) is 25.1 Å². The van der Waals surface area contributed by atoms with Gasteiger partial charge < -0.3 is 9.32 Å². The molecule has 7 nitrogen and oxygen atoms in total. The summed E-state index contributed by atoms with van der Waals surface area (Å²) < 4.78 is 6.03. The predicted octanol–water partition coefficient (Wildman–Crippen LogP) is 4.26. The molecule has 0 spiro atoms. The highest BCUT2D eigenvalue weighted by Gasteiger charge is 2.34. The Balaban J connectivity index is 1.41. The van der Waals surface area contributed by atoms with Gasteiger partial charge in [-0.25, -0.2) is 4.98 Å². The first-order valence-electron chi connectivity index (χ1n) is 10.00. The number of rotatable bonds is 4. The smallest absolute Gasteiger partial charge is 0.267 e. The normalized spacial score (nSPS) is 16.5. The summed E-state index contributed by atoms with van der Waals surface area (Å²) in [5, 5.41) is 11.5. The highest BCUT2D eigenvalue weighted by Crippen LogP contribution is 2.34. The topological polar surface area (TPSA) is 85.0 Å². The van der Waals surface area contributed by atoms with Crippen molar-refractivity contribution in [2.45, 2.75) is 39.2 Å². The van der Waals surface area contributed by atoms with E-state index in [1.54, 1.807) is 17.5 Å². The maximum atomic E-state index is 13.0. The van der Waals surface area contributed by atoms with Crippen molar-refractivity contribution in [3.05, 3.63) is 58.0 Å². The number of hydrogen-bond donors (Lipinski definition) is 0. The third kappa shape index (κ3) is 3.37. The summed E-state index contributed by atoms with van der Waals surface area (Å²) in [5.74, 6) is 0.935. The van der Waals surface area contributed by atoms with Crippen LogP contribution in [0.25, 0.3) is 22.4 Å². The molecule has 0 N–H and O–H groups in total. The minimum absolute atomic E-state index is 0.0762. The highest BCUT2D eigenvalue weighted by molar-refractivity contribution is 7.11. The lowest BCUT2D eigenvalue weighted by atomic mass is 10.1. The zero-order chi connectivity index (χ0) is 20.7. The number of carbonyl (C=O) groups excluding carboxylic acids is 1. The zero-order valence-electron chi connectivity index (χ0n) is 16.8. The van der Waals surface area contributed by atoms with E-state index in [2.05, 4.69) is 20.2 Å². The number of fused-ring (bicyclic) bond motifs is 1. The van der Waals surface area contributed by atoms with Gasteiger partial charge in [-0.15, -0.1) is 21.5 Å². The lowest BCUT2D eigenvalue weighted by Gasteiger charge is -2.21. The number of benzene rings is 1. The summed E-state index contributed by atoms with van der Waals surface area (Å²) in [7, 11) is 0. The molecule has 152 valence electrons. The number of thiazole rings is 1. The molecule has 1 unspecified atom stereocenters. The number of amides is 1. The minimum Gasteiger partial charge on any atom is -0.417 e. The maximum absolute atomic E-state index is 13.0. The molecule has 1 fully saturated rings. The van der Waals surface area contributed by atoms with E-state index in [1.807, 2.05) is 49.1 Å². The second-order valence-electron chi connectivity index (χ2n) is 7.49. The van der Waals surface area contributed by atoms with Crippen molar-refractivity contribution < 1.29 is 9.21 Å². The van der Waals surface area contributed by atoms with Crippen LogP contribution in [0.1, 0.15) is 40.4 Å². The van der Waals surface area contributed by atoms with Gasteiger partial charge in [-0.1, -0.05) is 24.3 Å². The summed E-state index contributed by atoms with van der Waals surface area (Å²) >= 11 is 1.58. The van der Waals surface area contributed by atoms with Crippen LogP contribution in [0.15, 0.2) is 40.9 Å². The van der Waals surface area contributed by atoms with E-state index in [0.717, 1.165) is 39.2 Å². The average molecular weight is 420 g/mol. The lowest BCUT2D eigenvalue weighted by Crippen LogP contribution is -2.32. The molecule has 0 saturated carbocycles. The van der Waals surface area contributed by atoms with Crippen LogP contribution in [0, 0.1) is 13.8 Å². The molecule has 0 aliphatic carbocycles. The van der Waals surface area contributed by atoms with Gasteiger partial charge in [-0.2, -0.15) is 0 Å². The molecule has 0 bridgehead atoms. The lowest BCUT2D eigenvalue weighted by molar-refractivity contribution is -0.131. The largest absolute Gasteiger partial charge is 0.417 e. The van der Waals surface area contributed by atoms with Crippen LogP contribution >= 0.6 is 11.3 Å². The number of likely N-dealkylation sites (tertiary alicyclic amines) is 1. The van der Waals surface area contributed by atoms with Crippen molar-refractivity contribution in [3.63, 3.8) is 0 Å². The number of aromatic nitrogens is 4. The van der Waals surface area contributed by atoms with E-state index in [9.17, 15) is 4.79 Å². The Kier molecular flexibility index (Phi) is 4.78. The minimum atomic E-state index is -0.192. The summed E-state index contributed by atoms with van der Waals surface area (Å²) in [6.07, 6.45) is 3.84. The molecule has 0 radical (unpaired) electrons. The molecule has 5 rings (SSSR count). The van der Waals surface area contributed by atoms with Gasteiger partial charge in [-0.05, 0) is 38.1 Å². The van der Waals surface area contributed by atoms with Gasteiger partial charge in [0.05, 0.1) is 17.1 Å². The average Bonchev–Trinajstić information content (AvgIpc) is 3.47. The molecular formula is C22H21N5O2S. The van der Waals surface area contributed by atoms with Crippen molar-refractivity contribution >= 4 is 28.0 Å². The number of aryl methyl sites for hydroxylation is 2. The number of hydrogen-bond acceptors (Lipinski definition) is 7. The first-order chi connectivity index (χ1) is 14.6. The second kappa shape index (κ2) is 7.60. The predicted molar refractivity (Wildman–Crippen MR) is 114 cm³/mol. The van der Waals surface area contributed by atoms with Gasteiger partial charge in [0.2, 0.25) is 11.8 Å². The quantitative estimate of drug-likeness (QED) is 0.491. The molecule has 30 heavy (non-hydrogen) atoms. The monoisotopic (exact) mass is 419 g/mol. The summed E-state index contributed by atoms with van der Waals surface area (Å²) in [6.45, 7) is 4.62. The van der Waals surface area contributed by atoms with Crippen molar-refractivity contribution in [1.29, 1.82) is 0 Å². The van der Waals surface area contributed by atoms with E-state index >= 15 is 0 Å². The molecule has 3 aromatic heterocycles. The van der Waals surface area contributed by atoms with E-state index in [4.69, 9.17) is 4.42 Å². The van der Waals surface area contributed by atoms with E-state index in [-0.39, 0.29) is 11.9 Å². The maximum Gasteiger partial charge on any atom is 0.267 e. The van der Waals surface area contributed by atoms with Crippen LogP contribution in [-0.4, -0.2) is 37.5 Å². The third-order valence-electron chi connectivity index (χ3n) is 5.49. The molecule has 4 heterocycles. The summed E-state index contributed by atoms with van der Waals surface area (Å²) in [5.41, 5.74) is 1.60. The standard InChI is InChI=1S/C22H21N5O2S/c1-13-18(30-14(2)24-13)12-19(28)27-11-5-8-17(27)21-25-26-22(29-21)20-16-7-4-3-6-15(16)9-10-23-20/h3-4,6-7,9-10,17H,5,8,11-12H2,1-2H3. The fourth-order valence-electron chi connectivity index (χ4n) is 4.05. The molecule has 1 aliphatic heterocycles. The Labute approximate surface area is 177 Å². The van der Waals surface area contributed by atoms with Crippen LogP contribution in [0.3, 0.4) is 0 Å². The van der Waals surface area contributed by atoms with Gasteiger partial charge in [0, 0.05) is 23.0 Å². The first-order valence-corrected chi connectivity index (χ1v) is 10.8. The van der Waals surface area contributed by atoms with Crippen molar-refractivity contribution in [2.75, 3.05) is 6.54 Å². The fourth-order valence-corrected chi connectivity index (χ4v) is 4.98. The van der Waals surface area contributed by atoms with Gasteiger partial charge in [0.15, 0.2) is 0 Å². The Hall–Kier alpha value is -3.13. The Morgan fingerprint density at radius 1 is 1.23 bits per heavy atom. The third-order valence-corrected chi connectivity index (χ3v) is 6.56. The van der Waals surface area contributed by atoms with Crippen molar-refractivity contribution in [2.24, 2.45) is 0 Å². The van der Waals surface area contributed by atoms with Gasteiger partial charge >= 0.3 is 0 Å². The van der Waals surface area contributed by atoms with E-state index in [1.165, 1.54) is 0 Å². The Morgan fingerprint density at radius 2 is 2.10 bits per heavy atom.